The number of nitrogens with one attached hydrogen (secondary N) is 2. The summed E-state index contributed by atoms with van der Waals surface area (Å²) in [6, 6.07) is 5.63. The van der Waals surface area contributed by atoms with E-state index in [9.17, 15) is 21.6 Å². The summed E-state index contributed by atoms with van der Waals surface area (Å²) >= 11 is 0. The van der Waals surface area contributed by atoms with Gasteiger partial charge in [0.2, 0.25) is 15.9 Å². The van der Waals surface area contributed by atoms with Crippen LogP contribution in [0.4, 0.5) is 5.69 Å². The maximum absolute atomic E-state index is 12.2. The lowest BCUT2D eigenvalue weighted by Crippen LogP contribution is -2.30. The molecule has 1 amide bonds. The summed E-state index contributed by atoms with van der Waals surface area (Å²) in [4.78, 5) is 12.0. The van der Waals surface area contributed by atoms with E-state index in [1.807, 2.05) is 0 Å². The number of hydrogen-bond donors (Lipinski definition) is 3. The van der Waals surface area contributed by atoms with Crippen molar-refractivity contribution >= 4 is 43.9 Å². The predicted molar refractivity (Wildman–Crippen MR) is 103 cm³/mol. The van der Waals surface area contributed by atoms with Crippen LogP contribution < -0.4 is 15.8 Å². The van der Waals surface area contributed by atoms with Crippen molar-refractivity contribution in [1.82, 2.24) is 4.72 Å². The maximum Gasteiger partial charge on any atom is 0.240 e. The first-order valence-electron chi connectivity index (χ1n) is 8.06. The van der Waals surface area contributed by atoms with E-state index in [1.165, 1.54) is 24.3 Å². The number of sulfone groups is 1. The topological polar surface area (TPSA) is 135 Å². The van der Waals surface area contributed by atoms with Gasteiger partial charge < -0.3 is 11.1 Å². The van der Waals surface area contributed by atoms with Crippen molar-refractivity contribution in [3.63, 3.8) is 0 Å². The van der Waals surface area contributed by atoms with Crippen molar-refractivity contribution in [2.45, 2.75) is 35.8 Å². The van der Waals surface area contributed by atoms with E-state index in [1.54, 1.807) is 0 Å². The average molecular weight is 426 g/mol. The van der Waals surface area contributed by atoms with Gasteiger partial charge in [-0.05, 0) is 31.0 Å². The molecule has 0 aliphatic heterocycles. The van der Waals surface area contributed by atoms with Crippen LogP contribution in [0.15, 0.2) is 29.2 Å². The molecule has 1 aromatic rings. The summed E-state index contributed by atoms with van der Waals surface area (Å²) in [5.74, 6) is -1.27. The second-order valence-corrected chi connectivity index (χ2v) is 10.0. The summed E-state index contributed by atoms with van der Waals surface area (Å²) in [7, 11) is -7.21. The number of hydrogen-bond acceptors (Lipinski definition) is 6. The molecule has 11 heteroatoms. The number of rotatable bonds is 8. The minimum absolute atomic E-state index is 0. The van der Waals surface area contributed by atoms with Crippen LogP contribution >= 0.6 is 12.4 Å². The van der Waals surface area contributed by atoms with Crippen LogP contribution in [-0.4, -0.2) is 46.8 Å². The quantitative estimate of drug-likeness (QED) is 0.559. The average Bonchev–Trinajstić information content (AvgIpc) is 3.08. The summed E-state index contributed by atoms with van der Waals surface area (Å²) in [5.41, 5.74) is 5.50. The molecule has 0 aromatic heterocycles. The summed E-state index contributed by atoms with van der Waals surface area (Å²) in [6.07, 6.45) is 2.91. The zero-order valence-corrected chi connectivity index (χ0v) is 16.6. The van der Waals surface area contributed by atoms with Gasteiger partial charge in [-0.15, -0.1) is 12.4 Å². The van der Waals surface area contributed by atoms with Crippen LogP contribution in [-0.2, 0) is 24.7 Å². The lowest BCUT2D eigenvalue weighted by molar-refractivity contribution is -0.113. The first kappa shape index (κ1) is 22.8. The molecule has 0 unspecified atom stereocenters. The van der Waals surface area contributed by atoms with Crippen LogP contribution in [0.5, 0.6) is 0 Å². The van der Waals surface area contributed by atoms with Crippen molar-refractivity contribution in [3.8, 4) is 0 Å². The molecular weight excluding hydrogens is 402 g/mol. The molecule has 0 heterocycles. The number of halogens is 1. The standard InChI is InChI=1S/C15H23N3O5S2.ClH/c16-8-9-17-25(22,23)14-7-3-4-12(10-14)18-15(19)11-24(20,21)13-5-1-2-6-13;/h3-4,7,10,13,17H,1-2,5-6,8-9,11,16H2,(H,18,19);1H. The smallest absolute Gasteiger partial charge is 0.240 e. The Morgan fingerprint density at radius 3 is 2.42 bits per heavy atom. The second-order valence-electron chi connectivity index (χ2n) is 5.98. The molecule has 26 heavy (non-hydrogen) atoms. The van der Waals surface area contributed by atoms with E-state index in [-0.39, 0.29) is 36.1 Å². The van der Waals surface area contributed by atoms with Crippen molar-refractivity contribution < 1.29 is 21.6 Å². The van der Waals surface area contributed by atoms with Gasteiger partial charge in [0.25, 0.3) is 0 Å². The van der Waals surface area contributed by atoms with Crippen LogP contribution in [0.3, 0.4) is 0 Å². The molecular formula is C15H24ClN3O5S2. The molecule has 1 aliphatic rings. The number of nitrogens with two attached hydrogens (primary N) is 1. The molecule has 1 aromatic carbocycles. The summed E-state index contributed by atoms with van der Waals surface area (Å²) in [6.45, 7) is 0.257. The van der Waals surface area contributed by atoms with Crippen LogP contribution in [0.2, 0.25) is 0 Å². The molecule has 0 saturated heterocycles. The number of anilines is 1. The van der Waals surface area contributed by atoms with Gasteiger partial charge in [0, 0.05) is 18.8 Å². The van der Waals surface area contributed by atoms with E-state index in [2.05, 4.69) is 10.0 Å². The maximum atomic E-state index is 12.2. The molecule has 0 spiro atoms. The van der Waals surface area contributed by atoms with Crippen LogP contribution in [0.25, 0.3) is 0 Å². The largest absolute Gasteiger partial charge is 0.329 e. The highest BCUT2D eigenvalue weighted by Gasteiger charge is 2.30. The molecule has 1 fully saturated rings. The lowest BCUT2D eigenvalue weighted by Gasteiger charge is -2.12. The normalized spacial score (nSPS) is 15.4. The van der Waals surface area contributed by atoms with Gasteiger partial charge in [-0.1, -0.05) is 18.9 Å². The third-order valence-corrected chi connectivity index (χ3v) is 7.62. The molecule has 1 saturated carbocycles. The number of carbonyl (C=O) groups excluding carboxylic acids is 1. The number of sulfonamides is 1. The fraction of sp³-hybridized carbons (Fsp3) is 0.533. The number of amides is 1. The zero-order chi connectivity index (χ0) is 18.5. The Morgan fingerprint density at radius 1 is 1.15 bits per heavy atom. The van der Waals surface area contributed by atoms with E-state index >= 15 is 0 Å². The molecule has 148 valence electrons. The minimum atomic E-state index is -3.73. The van der Waals surface area contributed by atoms with Gasteiger partial charge in [-0.2, -0.15) is 0 Å². The van der Waals surface area contributed by atoms with Crippen LogP contribution in [0.1, 0.15) is 25.7 Å². The van der Waals surface area contributed by atoms with Crippen LogP contribution in [0, 0.1) is 0 Å². The van der Waals surface area contributed by atoms with Gasteiger partial charge in [0.15, 0.2) is 9.84 Å². The molecule has 1 aliphatic carbocycles. The van der Waals surface area contributed by atoms with E-state index < -0.39 is 36.8 Å². The van der Waals surface area contributed by atoms with E-state index in [0.717, 1.165) is 12.8 Å². The van der Waals surface area contributed by atoms with Gasteiger partial charge in [-0.3, -0.25) is 4.79 Å². The van der Waals surface area contributed by atoms with Crippen molar-refractivity contribution in [1.29, 1.82) is 0 Å². The molecule has 0 radical (unpaired) electrons. The lowest BCUT2D eigenvalue weighted by atomic mass is 10.3. The Labute approximate surface area is 160 Å². The van der Waals surface area contributed by atoms with Gasteiger partial charge in [-0.25, -0.2) is 21.6 Å². The molecule has 8 nitrogen and oxygen atoms in total. The van der Waals surface area contributed by atoms with Crippen molar-refractivity contribution in [2.75, 3.05) is 24.2 Å². The number of benzene rings is 1. The van der Waals surface area contributed by atoms with E-state index in [0.29, 0.717) is 12.8 Å². The third kappa shape index (κ3) is 6.20. The Hall–Kier alpha value is -1.20. The molecule has 0 bridgehead atoms. The molecule has 2 rings (SSSR count). The van der Waals surface area contributed by atoms with Gasteiger partial charge in [0.05, 0.1) is 10.1 Å². The zero-order valence-electron chi connectivity index (χ0n) is 14.2. The minimum Gasteiger partial charge on any atom is -0.329 e. The first-order valence-corrected chi connectivity index (χ1v) is 11.3. The van der Waals surface area contributed by atoms with Crippen molar-refractivity contribution in [3.05, 3.63) is 24.3 Å². The Bertz CT molecular complexity index is 821. The highest BCUT2D eigenvalue weighted by atomic mass is 35.5. The van der Waals surface area contributed by atoms with Crippen molar-refractivity contribution in [2.24, 2.45) is 5.73 Å². The third-order valence-electron chi connectivity index (χ3n) is 4.01. The summed E-state index contributed by atoms with van der Waals surface area (Å²) in [5, 5.41) is 2.00. The Kier molecular flexibility index (Phi) is 8.48. The molecule has 0 atom stereocenters. The number of carbonyl (C=O) groups is 1. The highest BCUT2D eigenvalue weighted by molar-refractivity contribution is 7.92. The Morgan fingerprint density at radius 2 is 1.81 bits per heavy atom. The SMILES string of the molecule is Cl.NCCNS(=O)(=O)c1cccc(NC(=O)CS(=O)(=O)C2CCCC2)c1. The molecule has 4 N–H and O–H groups in total. The Balaban J connectivity index is 0.00000338. The predicted octanol–water partition coefficient (Wildman–Crippen LogP) is 0.641. The van der Waals surface area contributed by atoms with Gasteiger partial charge in [0.1, 0.15) is 5.75 Å². The van der Waals surface area contributed by atoms with E-state index in [4.69, 9.17) is 5.73 Å². The fourth-order valence-corrected chi connectivity index (χ4v) is 5.58. The monoisotopic (exact) mass is 425 g/mol. The highest BCUT2D eigenvalue weighted by Crippen LogP contribution is 2.25. The second kappa shape index (κ2) is 9.65. The first-order chi connectivity index (χ1) is 11.7. The van der Waals surface area contributed by atoms with Gasteiger partial charge >= 0.3 is 0 Å². The summed E-state index contributed by atoms with van der Waals surface area (Å²) < 4.78 is 50.8. The fourth-order valence-electron chi connectivity index (χ4n) is 2.76.